The first-order valence-corrected chi connectivity index (χ1v) is 6.75. The number of benzene rings is 2. The first kappa shape index (κ1) is 13.8. The summed E-state index contributed by atoms with van der Waals surface area (Å²) >= 11 is 0. The summed E-state index contributed by atoms with van der Waals surface area (Å²) in [5.41, 5.74) is 8.24. The van der Waals surface area contributed by atoms with E-state index in [4.69, 9.17) is 5.84 Å². The third-order valence-electron chi connectivity index (χ3n) is 3.57. The van der Waals surface area contributed by atoms with E-state index in [1.54, 1.807) is 0 Å². The smallest absolute Gasteiger partial charge is 0.0291 e. The highest BCUT2D eigenvalue weighted by Crippen LogP contribution is 2.13. The van der Waals surface area contributed by atoms with E-state index in [0.717, 1.165) is 12.8 Å². The first-order valence-electron chi connectivity index (χ1n) is 6.75. The lowest BCUT2D eigenvalue weighted by Crippen LogP contribution is -2.38. The van der Waals surface area contributed by atoms with Crippen molar-refractivity contribution in [1.82, 2.24) is 5.43 Å². The Hall–Kier alpha value is -1.64. The highest BCUT2D eigenvalue weighted by Gasteiger charge is 2.10. The van der Waals surface area contributed by atoms with Gasteiger partial charge in [-0.2, -0.15) is 0 Å². The number of hydrogen-bond acceptors (Lipinski definition) is 2. The van der Waals surface area contributed by atoms with Crippen LogP contribution in [0.15, 0.2) is 48.5 Å². The second-order valence-electron chi connectivity index (χ2n) is 5.18. The van der Waals surface area contributed by atoms with Crippen molar-refractivity contribution in [2.75, 3.05) is 0 Å². The van der Waals surface area contributed by atoms with Gasteiger partial charge in [0.1, 0.15) is 0 Å². The van der Waals surface area contributed by atoms with Gasteiger partial charge < -0.3 is 0 Å². The number of nitrogens with one attached hydrogen (secondary N) is 1. The summed E-state index contributed by atoms with van der Waals surface area (Å²) in [7, 11) is 0. The highest BCUT2D eigenvalue weighted by molar-refractivity contribution is 5.27. The lowest BCUT2D eigenvalue weighted by atomic mass is 9.96. The van der Waals surface area contributed by atoms with Gasteiger partial charge in [0.05, 0.1) is 0 Å². The molecule has 100 valence electrons. The van der Waals surface area contributed by atoms with Crippen molar-refractivity contribution in [2.45, 2.75) is 32.7 Å². The van der Waals surface area contributed by atoms with Crippen LogP contribution in [0.25, 0.3) is 0 Å². The third-order valence-corrected chi connectivity index (χ3v) is 3.57. The molecule has 19 heavy (non-hydrogen) atoms. The largest absolute Gasteiger partial charge is 0.271 e. The molecule has 0 aliphatic rings. The molecule has 0 saturated carbocycles. The second-order valence-corrected chi connectivity index (χ2v) is 5.18. The molecule has 2 rings (SSSR count). The molecule has 3 N–H and O–H groups in total. The Labute approximate surface area is 115 Å². The lowest BCUT2D eigenvalue weighted by molar-refractivity contribution is 0.521. The number of aryl methyl sites for hydroxylation is 2. The second kappa shape index (κ2) is 6.50. The molecule has 0 spiro atoms. The maximum absolute atomic E-state index is 5.70. The number of rotatable bonds is 5. The lowest BCUT2D eigenvalue weighted by Gasteiger charge is -2.17. The van der Waals surface area contributed by atoms with Gasteiger partial charge in [0.2, 0.25) is 0 Å². The van der Waals surface area contributed by atoms with Crippen molar-refractivity contribution in [3.8, 4) is 0 Å². The quantitative estimate of drug-likeness (QED) is 0.636. The number of hydrazine groups is 1. The zero-order valence-electron chi connectivity index (χ0n) is 11.7. The average molecular weight is 254 g/mol. The van der Waals surface area contributed by atoms with Crippen LogP contribution in [0.2, 0.25) is 0 Å². The van der Waals surface area contributed by atoms with E-state index in [0.29, 0.717) is 0 Å². The summed E-state index contributed by atoms with van der Waals surface area (Å²) in [4.78, 5) is 0. The third kappa shape index (κ3) is 3.91. The summed E-state index contributed by atoms with van der Waals surface area (Å²) < 4.78 is 0. The molecule has 2 heteroatoms. The molecular formula is C17H22N2. The standard InChI is InChI=1S/C17H22N2/c1-13-7-9-15(10-8-13)11-17(19-18)12-16-6-4-3-5-14(16)2/h3-10,17,19H,11-12,18H2,1-2H3. The van der Waals surface area contributed by atoms with Crippen molar-refractivity contribution >= 4 is 0 Å². The van der Waals surface area contributed by atoms with Gasteiger partial charge in [-0.15, -0.1) is 0 Å². The highest BCUT2D eigenvalue weighted by atomic mass is 15.2. The zero-order valence-corrected chi connectivity index (χ0v) is 11.7. The Balaban J connectivity index is 2.05. The zero-order chi connectivity index (χ0) is 13.7. The molecule has 0 heterocycles. The Bertz CT molecular complexity index is 517. The summed E-state index contributed by atoms with van der Waals surface area (Å²) in [5.74, 6) is 5.70. The van der Waals surface area contributed by atoms with Crippen molar-refractivity contribution in [3.63, 3.8) is 0 Å². The Kier molecular flexibility index (Phi) is 4.72. The topological polar surface area (TPSA) is 38.0 Å². The minimum absolute atomic E-state index is 0.267. The van der Waals surface area contributed by atoms with Crippen LogP contribution in [0.5, 0.6) is 0 Å². The molecule has 2 aromatic rings. The van der Waals surface area contributed by atoms with Gasteiger partial charge in [-0.3, -0.25) is 11.3 Å². The van der Waals surface area contributed by atoms with Crippen molar-refractivity contribution in [2.24, 2.45) is 5.84 Å². The van der Waals surface area contributed by atoms with Gasteiger partial charge in [0, 0.05) is 6.04 Å². The van der Waals surface area contributed by atoms with Crippen LogP contribution in [0.3, 0.4) is 0 Å². The minimum Gasteiger partial charge on any atom is -0.271 e. The summed E-state index contributed by atoms with van der Waals surface area (Å²) in [6.07, 6.45) is 1.90. The Morgan fingerprint density at radius 2 is 1.63 bits per heavy atom. The predicted molar refractivity (Wildman–Crippen MR) is 80.9 cm³/mol. The SMILES string of the molecule is Cc1ccc(CC(Cc2ccccc2C)NN)cc1. The predicted octanol–water partition coefficient (Wildman–Crippen LogP) is 2.92. The monoisotopic (exact) mass is 254 g/mol. The minimum atomic E-state index is 0.267. The number of hydrogen-bond donors (Lipinski definition) is 2. The average Bonchev–Trinajstić information content (AvgIpc) is 2.43. The van der Waals surface area contributed by atoms with Gasteiger partial charge in [-0.25, -0.2) is 0 Å². The van der Waals surface area contributed by atoms with E-state index in [1.165, 1.54) is 22.3 Å². The maximum Gasteiger partial charge on any atom is 0.0291 e. The van der Waals surface area contributed by atoms with Crippen LogP contribution in [-0.4, -0.2) is 6.04 Å². The van der Waals surface area contributed by atoms with E-state index >= 15 is 0 Å². The molecule has 0 fully saturated rings. The molecule has 1 unspecified atom stereocenters. The van der Waals surface area contributed by atoms with E-state index in [9.17, 15) is 0 Å². The van der Waals surface area contributed by atoms with E-state index in [1.807, 2.05) is 0 Å². The Morgan fingerprint density at radius 1 is 0.947 bits per heavy atom. The van der Waals surface area contributed by atoms with E-state index in [-0.39, 0.29) is 6.04 Å². The van der Waals surface area contributed by atoms with Crippen molar-refractivity contribution < 1.29 is 0 Å². The fourth-order valence-corrected chi connectivity index (χ4v) is 2.30. The van der Waals surface area contributed by atoms with Crippen molar-refractivity contribution in [3.05, 3.63) is 70.8 Å². The Morgan fingerprint density at radius 3 is 2.26 bits per heavy atom. The van der Waals surface area contributed by atoms with E-state index < -0.39 is 0 Å². The fraction of sp³-hybridized carbons (Fsp3) is 0.294. The first-order chi connectivity index (χ1) is 9.19. The molecular weight excluding hydrogens is 232 g/mol. The van der Waals surface area contributed by atoms with Crippen LogP contribution in [0.1, 0.15) is 22.3 Å². The van der Waals surface area contributed by atoms with Gasteiger partial charge in [-0.05, 0) is 43.4 Å². The number of nitrogens with two attached hydrogens (primary N) is 1. The molecule has 2 aromatic carbocycles. The van der Waals surface area contributed by atoms with Gasteiger partial charge in [0.25, 0.3) is 0 Å². The molecule has 0 aromatic heterocycles. The molecule has 1 atom stereocenters. The van der Waals surface area contributed by atoms with Crippen LogP contribution in [-0.2, 0) is 12.8 Å². The van der Waals surface area contributed by atoms with Crippen LogP contribution in [0, 0.1) is 13.8 Å². The molecule has 0 aliphatic heterocycles. The van der Waals surface area contributed by atoms with Gasteiger partial charge >= 0.3 is 0 Å². The molecule has 0 bridgehead atoms. The summed E-state index contributed by atoms with van der Waals surface area (Å²) in [6, 6.07) is 17.4. The fourth-order valence-electron chi connectivity index (χ4n) is 2.30. The maximum atomic E-state index is 5.70. The molecule has 2 nitrogen and oxygen atoms in total. The molecule has 0 radical (unpaired) electrons. The van der Waals surface area contributed by atoms with Crippen LogP contribution < -0.4 is 11.3 Å². The molecule has 0 amide bonds. The van der Waals surface area contributed by atoms with Crippen LogP contribution >= 0.6 is 0 Å². The van der Waals surface area contributed by atoms with Gasteiger partial charge in [0.15, 0.2) is 0 Å². The molecule has 0 saturated heterocycles. The summed E-state index contributed by atoms with van der Waals surface area (Å²) in [5, 5.41) is 0. The van der Waals surface area contributed by atoms with Crippen molar-refractivity contribution in [1.29, 1.82) is 0 Å². The van der Waals surface area contributed by atoms with E-state index in [2.05, 4.69) is 67.8 Å². The summed E-state index contributed by atoms with van der Waals surface area (Å²) in [6.45, 7) is 4.25. The van der Waals surface area contributed by atoms with Gasteiger partial charge in [-0.1, -0.05) is 54.1 Å². The van der Waals surface area contributed by atoms with Crippen LogP contribution in [0.4, 0.5) is 0 Å². The normalized spacial score (nSPS) is 12.4. The molecule has 0 aliphatic carbocycles.